The van der Waals surface area contributed by atoms with Crippen LogP contribution in [0.2, 0.25) is 5.02 Å². The molecule has 2 aromatic carbocycles. The molecular weight excluding hydrogens is 760 g/mol. The predicted octanol–water partition coefficient (Wildman–Crippen LogP) is 4.68. The second kappa shape index (κ2) is 14.9. The van der Waals surface area contributed by atoms with E-state index in [-0.39, 0.29) is 46.3 Å². The van der Waals surface area contributed by atoms with E-state index in [9.17, 15) is 21.6 Å². The van der Waals surface area contributed by atoms with E-state index < -0.39 is 36.6 Å². The second-order valence-corrected chi connectivity index (χ2v) is 21.9. The summed E-state index contributed by atoms with van der Waals surface area (Å²) < 4.78 is 66.8. The molecule has 2 aromatic rings. The smallest absolute Gasteiger partial charge is 0.264 e. The first-order chi connectivity index (χ1) is 26.2. The number of carbonyl (C=O) groups excluding carboxylic acids is 1. The van der Waals surface area contributed by atoms with Crippen LogP contribution in [0.15, 0.2) is 48.6 Å². The summed E-state index contributed by atoms with van der Waals surface area (Å²) in [4.78, 5) is 20.8. The van der Waals surface area contributed by atoms with Gasteiger partial charge in [0, 0.05) is 75.0 Å². The predicted molar refractivity (Wildman–Crippen MR) is 215 cm³/mol. The molecule has 4 heterocycles. The minimum absolute atomic E-state index is 0.115. The number of piperazine rings is 1. The van der Waals surface area contributed by atoms with Crippen LogP contribution in [-0.4, -0.2) is 120 Å². The van der Waals surface area contributed by atoms with Crippen molar-refractivity contribution in [1.82, 2.24) is 14.5 Å². The zero-order valence-electron chi connectivity index (χ0n) is 32.2. The maximum atomic E-state index is 13.7. The summed E-state index contributed by atoms with van der Waals surface area (Å²) in [6.07, 6.45) is 9.76. The van der Waals surface area contributed by atoms with Gasteiger partial charge in [0.2, 0.25) is 10.0 Å². The third-order valence-corrected chi connectivity index (χ3v) is 17.8. The number of rotatable bonds is 4. The Morgan fingerprint density at radius 2 is 1.80 bits per heavy atom. The van der Waals surface area contributed by atoms with Crippen LogP contribution in [0.4, 0.5) is 5.69 Å². The van der Waals surface area contributed by atoms with Gasteiger partial charge in [0.15, 0.2) is 9.84 Å². The molecule has 3 fully saturated rings. The molecule has 2 saturated heterocycles. The molecule has 11 nitrogen and oxygen atoms in total. The summed E-state index contributed by atoms with van der Waals surface area (Å²) in [7, 11) is -5.08. The molecule has 1 N–H and O–H groups in total. The minimum atomic E-state index is -3.99. The maximum absolute atomic E-state index is 13.7. The van der Waals surface area contributed by atoms with Crippen LogP contribution >= 0.6 is 11.6 Å². The molecule has 1 spiro atoms. The van der Waals surface area contributed by atoms with Crippen molar-refractivity contribution in [2.24, 2.45) is 17.8 Å². The Hall–Kier alpha value is -2.68. The maximum Gasteiger partial charge on any atom is 0.264 e. The summed E-state index contributed by atoms with van der Waals surface area (Å²) in [6, 6.07) is 11.6. The van der Waals surface area contributed by atoms with Crippen molar-refractivity contribution >= 4 is 43.1 Å². The van der Waals surface area contributed by atoms with Gasteiger partial charge < -0.3 is 14.4 Å². The van der Waals surface area contributed by atoms with E-state index in [1.807, 2.05) is 25.1 Å². The number of fused-ring (bicyclic) bond motifs is 4. The monoisotopic (exact) mass is 814 g/mol. The number of methoxy groups -OCH3 is 1. The van der Waals surface area contributed by atoms with Gasteiger partial charge in [-0.1, -0.05) is 36.7 Å². The first kappa shape index (κ1) is 39.2. The number of ether oxygens (including phenoxy) is 2. The standard InChI is InChI=1S/C41H55ClN4O7S2/c1-28-6-4-15-41(52-3,26-44-16-18-45(19-17-44)34-23-54(48,49)24-34)36-11-8-32(36)22-46-25-40(14-5-7-30-20-33(42)10-12-35(30)40)27-53-38-13-9-31(21-37(38)46)39(47)43-55(50,51)29(28)2/h4,9-10,12-13,15,20-21,28-29,32,34,36H,5-8,11,14,16-19,22-27H2,1-3H3,(H,43,47)/b15-4+/t28-,29+,32-,36+,40-,41+/m0/s1. The van der Waals surface area contributed by atoms with E-state index >= 15 is 0 Å². The summed E-state index contributed by atoms with van der Waals surface area (Å²) in [5, 5.41) is -0.0854. The van der Waals surface area contributed by atoms with Gasteiger partial charge >= 0.3 is 0 Å². The molecule has 55 heavy (non-hydrogen) atoms. The van der Waals surface area contributed by atoms with Gasteiger partial charge in [-0.2, -0.15) is 0 Å². The Balaban J connectivity index is 1.15. The van der Waals surface area contributed by atoms with E-state index in [0.717, 1.165) is 75.5 Å². The second-order valence-electron chi connectivity index (χ2n) is 17.2. The fraction of sp³-hybridized carbons (Fsp3) is 0.634. The Kier molecular flexibility index (Phi) is 10.6. The summed E-state index contributed by atoms with van der Waals surface area (Å²) in [5.41, 5.74) is 2.68. The van der Waals surface area contributed by atoms with Crippen LogP contribution in [0.5, 0.6) is 5.75 Å². The molecule has 1 amide bonds. The number of nitrogens with zero attached hydrogens (tertiary/aromatic N) is 3. The first-order valence-electron chi connectivity index (χ1n) is 20.0. The zero-order valence-corrected chi connectivity index (χ0v) is 34.6. The third kappa shape index (κ3) is 7.58. The number of hydrogen-bond donors (Lipinski definition) is 1. The number of halogens is 1. The average molecular weight is 815 g/mol. The Morgan fingerprint density at radius 3 is 2.51 bits per heavy atom. The molecular formula is C41H55ClN4O7S2. The number of nitrogens with one attached hydrogen (secondary N) is 1. The number of amides is 1. The summed E-state index contributed by atoms with van der Waals surface area (Å²) in [6.45, 7) is 9.44. The lowest BCUT2D eigenvalue weighted by Crippen LogP contribution is -2.62. The highest BCUT2D eigenvalue weighted by Crippen LogP contribution is 2.49. The number of benzene rings is 2. The fourth-order valence-corrected chi connectivity index (χ4v) is 13.2. The van der Waals surface area contributed by atoms with Crippen molar-refractivity contribution in [3.8, 4) is 5.75 Å². The molecule has 8 rings (SSSR count). The highest BCUT2D eigenvalue weighted by atomic mass is 35.5. The van der Waals surface area contributed by atoms with Gasteiger partial charge in [-0.25, -0.2) is 21.6 Å². The number of allylic oxidation sites excluding steroid dienone is 1. The van der Waals surface area contributed by atoms with Crippen molar-refractivity contribution in [2.75, 3.05) is 75.9 Å². The lowest BCUT2D eigenvalue weighted by Gasteiger charge is -2.52. The van der Waals surface area contributed by atoms with Crippen LogP contribution in [0.25, 0.3) is 0 Å². The SMILES string of the molecule is CO[C@@]1(CN2CCN(C3CS(=O)(=O)C3)CC2)/C=C/C[C@H](C)[C@@H](C)S(=O)(=O)NC(=O)c2ccc3c(c2)N(C[C@@H]2CC[C@H]21)C[C@@]1(CCCc2cc(Cl)ccc21)CO3. The minimum Gasteiger partial charge on any atom is -0.490 e. The van der Waals surface area contributed by atoms with Crippen LogP contribution in [0.3, 0.4) is 0 Å². The normalized spacial score (nSPS) is 34.5. The van der Waals surface area contributed by atoms with E-state index in [0.29, 0.717) is 31.9 Å². The van der Waals surface area contributed by atoms with Gasteiger partial charge in [0.25, 0.3) is 5.91 Å². The Labute approximate surface area is 331 Å². The molecule has 0 unspecified atom stereocenters. The van der Waals surface area contributed by atoms with Crippen LogP contribution in [0.1, 0.15) is 67.4 Å². The van der Waals surface area contributed by atoms with Gasteiger partial charge in [0.05, 0.1) is 29.0 Å². The lowest BCUT2D eigenvalue weighted by atomic mass is 9.63. The van der Waals surface area contributed by atoms with Crippen LogP contribution in [0, 0.1) is 17.8 Å². The van der Waals surface area contributed by atoms with Gasteiger partial charge in [-0.3, -0.25) is 14.6 Å². The molecule has 0 aromatic heterocycles. The number of aryl methyl sites for hydroxylation is 1. The topological polar surface area (TPSA) is 126 Å². The van der Waals surface area contributed by atoms with E-state index in [2.05, 4.69) is 43.7 Å². The van der Waals surface area contributed by atoms with Crippen molar-refractivity contribution in [1.29, 1.82) is 0 Å². The molecule has 6 aliphatic rings. The molecule has 0 radical (unpaired) electrons. The number of sulfone groups is 1. The fourth-order valence-electron chi connectivity index (χ4n) is 10.2. The summed E-state index contributed by atoms with van der Waals surface area (Å²) in [5.74, 6) is 0.773. The molecule has 2 aliphatic carbocycles. The average Bonchev–Trinajstić information content (AvgIpc) is 3.28. The van der Waals surface area contributed by atoms with Gasteiger partial charge in [-0.05, 0) is 105 Å². The molecule has 6 atom stereocenters. The van der Waals surface area contributed by atoms with Gasteiger partial charge in [0.1, 0.15) is 11.4 Å². The highest BCUT2D eigenvalue weighted by molar-refractivity contribution is 7.92. The number of carbonyl (C=O) groups is 1. The van der Waals surface area contributed by atoms with Crippen molar-refractivity contribution < 1.29 is 31.1 Å². The Bertz CT molecular complexity index is 2040. The number of anilines is 1. The van der Waals surface area contributed by atoms with Crippen molar-refractivity contribution in [3.05, 3.63) is 70.3 Å². The molecule has 14 heteroatoms. The van der Waals surface area contributed by atoms with Crippen LogP contribution < -0.4 is 14.4 Å². The zero-order chi connectivity index (χ0) is 38.8. The largest absolute Gasteiger partial charge is 0.490 e. The van der Waals surface area contributed by atoms with Crippen LogP contribution in [-0.2, 0) is 36.4 Å². The van der Waals surface area contributed by atoms with Crippen molar-refractivity contribution in [3.63, 3.8) is 0 Å². The van der Waals surface area contributed by atoms with Crippen molar-refractivity contribution in [2.45, 2.75) is 74.7 Å². The van der Waals surface area contributed by atoms with Gasteiger partial charge in [-0.15, -0.1) is 0 Å². The van der Waals surface area contributed by atoms with E-state index in [1.165, 1.54) is 11.1 Å². The molecule has 1 saturated carbocycles. The van der Waals surface area contributed by atoms with E-state index in [1.54, 1.807) is 20.1 Å². The Morgan fingerprint density at radius 1 is 1.02 bits per heavy atom. The van der Waals surface area contributed by atoms with E-state index in [4.69, 9.17) is 21.1 Å². The molecule has 300 valence electrons. The molecule has 2 bridgehead atoms. The summed E-state index contributed by atoms with van der Waals surface area (Å²) >= 11 is 6.50. The third-order valence-electron chi connectivity index (χ3n) is 13.9. The quantitative estimate of drug-likeness (QED) is 0.436. The molecule has 4 aliphatic heterocycles. The lowest BCUT2D eigenvalue weighted by molar-refractivity contribution is -0.0961. The first-order valence-corrected chi connectivity index (χ1v) is 23.7. The number of hydrogen-bond acceptors (Lipinski definition) is 10. The highest BCUT2D eigenvalue weighted by Gasteiger charge is 2.50. The number of sulfonamides is 1.